The molecular formula is C9H13N3O. The maximum atomic E-state index is 11.1. The smallest absolute Gasteiger partial charge is 0.138 e. The maximum absolute atomic E-state index is 11.1. The van der Waals surface area contributed by atoms with Gasteiger partial charge < -0.3 is 5.73 Å². The second-order valence-electron chi connectivity index (χ2n) is 3.10. The topological polar surface area (TPSA) is 68.9 Å². The van der Waals surface area contributed by atoms with Crippen LogP contribution in [-0.2, 0) is 4.79 Å². The quantitative estimate of drug-likeness (QED) is 0.737. The van der Waals surface area contributed by atoms with Crippen molar-refractivity contribution in [2.45, 2.75) is 26.7 Å². The number of carbonyl (C=O) groups is 1. The van der Waals surface area contributed by atoms with Crippen molar-refractivity contribution in [3.8, 4) is 0 Å². The summed E-state index contributed by atoms with van der Waals surface area (Å²) < 4.78 is 0. The van der Waals surface area contributed by atoms with Gasteiger partial charge in [0.05, 0.1) is 11.6 Å². The van der Waals surface area contributed by atoms with Crippen molar-refractivity contribution in [1.82, 2.24) is 9.97 Å². The van der Waals surface area contributed by atoms with E-state index in [-0.39, 0.29) is 11.7 Å². The Morgan fingerprint density at radius 1 is 1.54 bits per heavy atom. The van der Waals surface area contributed by atoms with Crippen molar-refractivity contribution < 1.29 is 4.79 Å². The summed E-state index contributed by atoms with van der Waals surface area (Å²) in [5.74, 6) is 0.889. The fourth-order valence-electron chi connectivity index (χ4n) is 1.04. The zero-order valence-electron chi connectivity index (χ0n) is 8.03. The maximum Gasteiger partial charge on any atom is 0.138 e. The van der Waals surface area contributed by atoms with E-state index in [1.165, 1.54) is 6.92 Å². The summed E-state index contributed by atoms with van der Waals surface area (Å²) in [7, 11) is 0. The predicted molar refractivity (Wildman–Crippen MR) is 50.3 cm³/mol. The van der Waals surface area contributed by atoms with Crippen LogP contribution in [0.3, 0.4) is 0 Å². The predicted octanol–water partition coefficient (Wildman–Crippen LogP) is 1.06. The number of hydrogen-bond donors (Lipinski definition) is 1. The van der Waals surface area contributed by atoms with Crippen molar-refractivity contribution in [3.05, 3.63) is 17.6 Å². The van der Waals surface area contributed by atoms with Gasteiger partial charge in [0.1, 0.15) is 17.4 Å². The lowest BCUT2D eigenvalue weighted by atomic mass is 10.0. The van der Waals surface area contributed by atoms with Gasteiger partial charge in [-0.1, -0.05) is 0 Å². The van der Waals surface area contributed by atoms with Gasteiger partial charge in [-0.05, 0) is 20.8 Å². The molecule has 0 fully saturated rings. The van der Waals surface area contributed by atoms with Gasteiger partial charge in [-0.3, -0.25) is 4.79 Å². The van der Waals surface area contributed by atoms with E-state index in [0.717, 1.165) is 0 Å². The molecule has 1 aromatic heterocycles. The molecule has 0 radical (unpaired) electrons. The molecule has 0 saturated carbocycles. The first-order chi connectivity index (χ1) is 6.00. The number of rotatable bonds is 2. The zero-order chi connectivity index (χ0) is 10.0. The van der Waals surface area contributed by atoms with Crippen LogP contribution in [0.1, 0.15) is 31.3 Å². The van der Waals surface area contributed by atoms with Crippen LogP contribution in [0.4, 0.5) is 5.82 Å². The molecule has 4 nitrogen and oxygen atoms in total. The van der Waals surface area contributed by atoms with E-state index in [4.69, 9.17) is 5.73 Å². The average molecular weight is 179 g/mol. The van der Waals surface area contributed by atoms with Crippen LogP contribution in [-0.4, -0.2) is 15.8 Å². The van der Waals surface area contributed by atoms with Gasteiger partial charge in [0.15, 0.2) is 0 Å². The highest BCUT2D eigenvalue weighted by Gasteiger charge is 2.12. The first-order valence-electron chi connectivity index (χ1n) is 4.12. The Labute approximate surface area is 77.2 Å². The largest absolute Gasteiger partial charge is 0.384 e. The second kappa shape index (κ2) is 3.51. The third-order valence-electron chi connectivity index (χ3n) is 1.93. The van der Waals surface area contributed by atoms with Crippen LogP contribution in [0.5, 0.6) is 0 Å². The highest BCUT2D eigenvalue weighted by atomic mass is 16.1. The van der Waals surface area contributed by atoms with Gasteiger partial charge >= 0.3 is 0 Å². The van der Waals surface area contributed by atoms with Crippen molar-refractivity contribution in [3.63, 3.8) is 0 Å². The Morgan fingerprint density at radius 2 is 2.15 bits per heavy atom. The fraction of sp³-hybridized carbons (Fsp3) is 0.444. The summed E-state index contributed by atoms with van der Waals surface area (Å²) in [5.41, 5.74) is 6.23. The molecule has 2 N–H and O–H groups in total. The van der Waals surface area contributed by atoms with E-state index in [1.807, 2.05) is 6.92 Å². The third kappa shape index (κ3) is 2.24. The average Bonchev–Trinajstić information content (AvgIpc) is 2.01. The SMILES string of the molecule is CC(=O)C(C)c1cc(N)nc(C)n1. The molecule has 0 saturated heterocycles. The monoisotopic (exact) mass is 179 g/mol. The molecule has 1 heterocycles. The van der Waals surface area contributed by atoms with Gasteiger partial charge in [0, 0.05) is 6.07 Å². The van der Waals surface area contributed by atoms with Crippen LogP contribution >= 0.6 is 0 Å². The molecule has 4 heteroatoms. The lowest BCUT2D eigenvalue weighted by Gasteiger charge is -2.07. The number of Topliss-reactive ketones (excluding diaryl/α,β-unsaturated/α-hetero) is 1. The Bertz CT molecular complexity index is 315. The van der Waals surface area contributed by atoms with Crippen molar-refractivity contribution in [2.75, 3.05) is 5.73 Å². The van der Waals surface area contributed by atoms with Gasteiger partial charge in [-0.15, -0.1) is 0 Å². The summed E-state index contributed by atoms with van der Waals surface area (Å²) in [5, 5.41) is 0. The van der Waals surface area contributed by atoms with Crippen molar-refractivity contribution in [2.24, 2.45) is 0 Å². The first-order valence-corrected chi connectivity index (χ1v) is 4.12. The van der Waals surface area contributed by atoms with E-state index in [0.29, 0.717) is 17.3 Å². The van der Waals surface area contributed by atoms with E-state index in [1.54, 1.807) is 13.0 Å². The number of nitrogens with two attached hydrogens (primary N) is 1. The highest BCUT2D eigenvalue weighted by Crippen LogP contribution is 2.15. The molecule has 13 heavy (non-hydrogen) atoms. The molecule has 70 valence electrons. The Kier molecular flexibility index (Phi) is 2.60. The van der Waals surface area contributed by atoms with Crippen molar-refractivity contribution in [1.29, 1.82) is 0 Å². The van der Waals surface area contributed by atoms with Crippen LogP contribution in [0.15, 0.2) is 6.07 Å². The lowest BCUT2D eigenvalue weighted by Crippen LogP contribution is -2.09. The number of aryl methyl sites for hydroxylation is 1. The molecular weight excluding hydrogens is 166 g/mol. The molecule has 0 aliphatic heterocycles. The summed E-state index contributed by atoms with van der Waals surface area (Å²) in [4.78, 5) is 19.1. The number of hydrogen-bond acceptors (Lipinski definition) is 4. The van der Waals surface area contributed by atoms with Crippen LogP contribution in [0, 0.1) is 6.92 Å². The molecule has 1 aromatic rings. The Morgan fingerprint density at radius 3 is 2.62 bits per heavy atom. The molecule has 0 bridgehead atoms. The molecule has 1 atom stereocenters. The fourth-order valence-corrected chi connectivity index (χ4v) is 1.04. The molecule has 1 rings (SSSR count). The van der Waals surface area contributed by atoms with Crippen molar-refractivity contribution >= 4 is 11.6 Å². The van der Waals surface area contributed by atoms with E-state index in [9.17, 15) is 4.79 Å². The number of nitrogens with zero attached hydrogens (tertiary/aromatic N) is 2. The normalized spacial score (nSPS) is 12.5. The minimum Gasteiger partial charge on any atom is -0.384 e. The lowest BCUT2D eigenvalue weighted by molar-refractivity contribution is -0.118. The summed E-state index contributed by atoms with van der Waals surface area (Å²) >= 11 is 0. The van der Waals surface area contributed by atoms with Gasteiger partial charge in [-0.25, -0.2) is 9.97 Å². The minimum absolute atomic E-state index is 0.0810. The zero-order valence-corrected chi connectivity index (χ0v) is 8.03. The molecule has 1 unspecified atom stereocenters. The standard InChI is InChI=1S/C9H13N3O/c1-5(6(2)13)8-4-9(10)12-7(3)11-8/h4-5H,1-3H3,(H2,10,11,12). The van der Waals surface area contributed by atoms with Crippen LogP contribution < -0.4 is 5.73 Å². The molecule has 0 aliphatic rings. The van der Waals surface area contributed by atoms with E-state index in [2.05, 4.69) is 9.97 Å². The summed E-state index contributed by atoms with van der Waals surface area (Å²) in [6, 6.07) is 1.64. The molecule has 0 aromatic carbocycles. The van der Waals surface area contributed by atoms with Crippen LogP contribution in [0.25, 0.3) is 0 Å². The number of ketones is 1. The van der Waals surface area contributed by atoms with Gasteiger partial charge in [0.2, 0.25) is 0 Å². The molecule has 0 amide bonds. The third-order valence-corrected chi connectivity index (χ3v) is 1.93. The Hall–Kier alpha value is -1.45. The number of aromatic nitrogens is 2. The second-order valence-corrected chi connectivity index (χ2v) is 3.10. The molecule has 0 spiro atoms. The van der Waals surface area contributed by atoms with E-state index < -0.39 is 0 Å². The minimum atomic E-state index is -0.205. The summed E-state index contributed by atoms with van der Waals surface area (Å²) in [6.07, 6.45) is 0. The summed E-state index contributed by atoms with van der Waals surface area (Å²) in [6.45, 7) is 5.11. The number of nitrogen functional groups attached to an aromatic ring is 1. The molecule has 0 aliphatic carbocycles. The van der Waals surface area contributed by atoms with Gasteiger partial charge in [-0.2, -0.15) is 0 Å². The Balaban J connectivity index is 3.07. The number of anilines is 1. The van der Waals surface area contributed by atoms with Gasteiger partial charge in [0.25, 0.3) is 0 Å². The van der Waals surface area contributed by atoms with E-state index >= 15 is 0 Å². The highest BCUT2D eigenvalue weighted by molar-refractivity contribution is 5.82. The first kappa shape index (κ1) is 9.64. The van der Waals surface area contributed by atoms with Crippen LogP contribution in [0.2, 0.25) is 0 Å². The number of carbonyl (C=O) groups excluding carboxylic acids is 1.